The summed E-state index contributed by atoms with van der Waals surface area (Å²) in [6.45, 7) is 5.66. The quantitative estimate of drug-likeness (QED) is 0.382. The minimum Gasteiger partial charge on any atom is -0.469 e. The van der Waals surface area contributed by atoms with E-state index in [-0.39, 0.29) is 5.97 Å². The fourth-order valence-electron chi connectivity index (χ4n) is 2.02. The van der Waals surface area contributed by atoms with Gasteiger partial charge in [0.25, 0.3) is 0 Å². The second kappa shape index (κ2) is 13.8. The Bertz CT molecular complexity index is 210. The van der Waals surface area contributed by atoms with E-state index in [9.17, 15) is 4.79 Å². The lowest BCUT2D eigenvalue weighted by Crippen LogP contribution is -2.31. The standard InChI is InChI=1S/C15H31NO3/c1-4-5-6-7-8-9-11-16(13-14-18-2)12-10-15(17)19-3/h4-14H2,1-3H3. The third-order valence-corrected chi connectivity index (χ3v) is 3.30. The van der Waals surface area contributed by atoms with Gasteiger partial charge >= 0.3 is 5.97 Å². The Morgan fingerprint density at radius 2 is 1.63 bits per heavy atom. The second-order valence-corrected chi connectivity index (χ2v) is 4.93. The van der Waals surface area contributed by atoms with Gasteiger partial charge in [-0.25, -0.2) is 0 Å². The highest BCUT2D eigenvalue weighted by molar-refractivity contribution is 5.69. The monoisotopic (exact) mass is 273 g/mol. The normalized spacial score (nSPS) is 10.9. The van der Waals surface area contributed by atoms with Gasteiger partial charge in [0.05, 0.1) is 20.1 Å². The summed E-state index contributed by atoms with van der Waals surface area (Å²) in [6, 6.07) is 0. The molecule has 0 aliphatic heterocycles. The number of hydrogen-bond acceptors (Lipinski definition) is 4. The third kappa shape index (κ3) is 12.2. The van der Waals surface area contributed by atoms with Gasteiger partial charge in [-0.05, 0) is 13.0 Å². The Labute approximate surface area is 118 Å². The van der Waals surface area contributed by atoms with E-state index >= 15 is 0 Å². The van der Waals surface area contributed by atoms with E-state index in [0.717, 1.165) is 26.2 Å². The van der Waals surface area contributed by atoms with Crippen molar-refractivity contribution in [3.63, 3.8) is 0 Å². The maximum Gasteiger partial charge on any atom is 0.306 e. The van der Waals surface area contributed by atoms with Crippen molar-refractivity contribution < 1.29 is 14.3 Å². The van der Waals surface area contributed by atoms with Crippen LogP contribution >= 0.6 is 0 Å². The molecule has 0 bridgehead atoms. The molecule has 0 spiro atoms. The minimum atomic E-state index is -0.134. The number of ether oxygens (including phenoxy) is 2. The van der Waals surface area contributed by atoms with E-state index in [2.05, 4.69) is 16.6 Å². The summed E-state index contributed by atoms with van der Waals surface area (Å²) in [5, 5.41) is 0. The number of carbonyl (C=O) groups excluding carboxylic acids is 1. The molecule has 0 atom stereocenters. The molecule has 0 rings (SSSR count). The van der Waals surface area contributed by atoms with Crippen molar-refractivity contribution in [1.29, 1.82) is 0 Å². The van der Waals surface area contributed by atoms with Crippen molar-refractivity contribution in [1.82, 2.24) is 4.90 Å². The van der Waals surface area contributed by atoms with Gasteiger partial charge in [0.15, 0.2) is 0 Å². The van der Waals surface area contributed by atoms with Gasteiger partial charge in [0, 0.05) is 20.2 Å². The molecule has 114 valence electrons. The number of methoxy groups -OCH3 is 2. The van der Waals surface area contributed by atoms with Crippen molar-refractivity contribution in [3.05, 3.63) is 0 Å². The van der Waals surface area contributed by atoms with Crippen molar-refractivity contribution in [2.45, 2.75) is 51.9 Å². The number of carbonyl (C=O) groups is 1. The van der Waals surface area contributed by atoms with Crippen LogP contribution in [0.25, 0.3) is 0 Å². The fourth-order valence-corrected chi connectivity index (χ4v) is 2.02. The molecule has 0 heterocycles. The summed E-state index contributed by atoms with van der Waals surface area (Å²) >= 11 is 0. The lowest BCUT2D eigenvalue weighted by Gasteiger charge is -2.21. The largest absolute Gasteiger partial charge is 0.469 e. The van der Waals surface area contributed by atoms with Gasteiger partial charge in [-0.2, -0.15) is 0 Å². The van der Waals surface area contributed by atoms with E-state index < -0.39 is 0 Å². The van der Waals surface area contributed by atoms with E-state index in [1.54, 1.807) is 7.11 Å². The molecule has 0 amide bonds. The van der Waals surface area contributed by atoms with Crippen LogP contribution in [0.15, 0.2) is 0 Å². The first-order chi connectivity index (χ1) is 9.24. The molecule has 0 aromatic heterocycles. The van der Waals surface area contributed by atoms with Crippen molar-refractivity contribution in [2.24, 2.45) is 0 Å². The zero-order chi connectivity index (χ0) is 14.3. The van der Waals surface area contributed by atoms with Gasteiger partial charge in [0.2, 0.25) is 0 Å². The SMILES string of the molecule is CCCCCCCCN(CCOC)CCC(=O)OC. The maximum atomic E-state index is 11.2. The zero-order valence-corrected chi connectivity index (χ0v) is 13.0. The molecule has 0 unspecified atom stereocenters. The summed E-state index contributed by atoms with van der Waals surface area (Å²) in [5.74, 6) is -0.134. The van der Waals surface area contributed by atoms with Crippen LogP contribution in [0.2, 0.25) is 0 Å². The average molecular weight is 273 g/mol. The number of esters is 1. The molecule has 0 saturated heterocycles. The Kier molecular flexibility index (Phi) is 13.4. The van der Waals surface area contributed by atoms with Crippen molar-refractivity contribution in [2.75, 3.05) is 40.5 Å². The number of hydrogen-bond donors (Lipinski definition) is 0. The van der Waals surface area contributed by atoms with E-state index in [1.807, 2.05) is 0 Å². The predicted molar refractivity (Wildman–Crippen MR) is 78.3 cm³/mol. The lowest BCUT2D eigenvalue weighted by molar-refractivity contribution is -0.141. The van der Waals surface area contributed by atoms with Gasteiger partial charge < -0.3 is 14.4 Å². The highest BCUT2D eigenvalue weighted by Crippen LogP contribution is 2.06. The fraction of sp³-hybridized carbons (Fsp3) is 0.933. The van der Waals surface area contributed by atoms with Crippen LogP contribution in [0.5, 0.6) is 0 Å². The Balaban J connectivity index is 3.69. The Morgan fingerprint density at radius 3 is 2.26 bits per heavy atom. The first kappa shape index (κ1) is 18.4. The minimum absolute atomic E-state index is 0.134. The third-order valence-electron chi connectivity index (χ3n) is 3.30. The molecule has 4 heteroatoms. The lowest BCUT2D eigenvalue weighted by atomic mass is 10.1. The van der Waals surface area contributed by atoms with Crippen LogP contribution in [-0.4, -0.2) is 51.3 Å². The Hall–Kier alpha value is -0.610. The summed E-state index contributed by atoms with van der Waals surface area (Å²) in [7, 11) is 3.15. The molecule has 0 saturated carbocycles. The highest BCUT2D eigenvalue weighted by Gasteiger charge is 2.08. The van der Waals surface area contributed by atoms with Crippen LogP contribution < -0.4 is 0 Å². The molecule has 0 aromatic carbocycles. The van der Waals surface area contributed by atoms with Crippen LogP contribution in [-0.2, 0) is 14.3 Å². The molecule has 0 N–H and O–H groups in total. The number of rotatable bonds is 13. The van der Waals surface area contributed by atoms with Crippen LogP contribution in [0.4, 0.5) is 0 Å². The summed E-state index contributed by atoms with van der Waals surface area (Å²) < 4.78 is 9.79. The summed E-state index contributed by atoms with van der Waals surface area (Å²) in [5.41, 5.74) is 0. The van der Waals surface area contributed by atoms with Gasteiger partial charge in [-0.15, -0.1) is 0 Å². The number of unbranched alkanes of at least 4 members (excludes halogenated alkanes) is 5. The summed E-state index contributed by atoms with van der Waals surface area (Å²) in [4.78, 5) is 13.5. The maximum absolute atomic E-state index is 11.2. The van der Waals surface area contributed by atoms with Crippen molar-refractivity contribution >= 4 is 5.97 Å². The van der Waals surface area contributed by atoms with E-state index in [4.69, 9.17) is 4.74 Å². The molecule has 0 aliphatic rings. The first-order valence-corrected chi connectivity index (χ1v) is 7.52. The van der Waals surface area contributed by atoms with Crippen molar-refractivity contribution in [3.8, 4) is 0 Å². The topological polar surface area (TPSA) is 38.8 Å². The molecule has 19 heavy (non-hydrogen) atoms. The second-order valence-electron chi connectivity index (χ2n) is 4.93. The van der Waals surface area contributed by atoms with Crippen LogP contribution in [0.1, 0.15) is 51.9 Å². The number of nitrogens with zero attached hydrogens (tertiary/aromatic N) is 1. The van der Waals surface area contributed by atoms with Gasteiger partial charge in [-0.3, -0.25) is 4.79 Å². The molecular formula is C15H31NO3. The predicted octanol–water partition coefficient (Wildman–Crippen LogP) is 2.86. The summed E-state index contributed by atoms with van der Waals surface area (Å²) in [6.07, 6.45) is 8.25. The highest BCUT2D eigenvalue weighted by atomic mass is 16.5. The molecule has 0 aromatic rings. The van der Waals surface area contributed by atoms with Gasteiger partial charge in [0.1, 0.15) is 0 Å². The van der Waals surface area contributed by atoms with Crippen LogP contribution in [0, 0.1) is 0 Å². The van der Waals surface area contributed by atoms with Crippen LogP contribution in [0.3, 0.4) is 0 Å². The van der Waals surface area contributed by atoms with E-state index in [0.29, 0.717) is 6.42 Å². The first-order valence-electron chi connectivity index (χ1n) is 7.52. The smallest absolute Gasteiger partial charge is 0.306 e. The zero-order valence-electron chi connectivity index (χ0n) is 13.0. The van der Waals surface area contributed by atoms with Gasteiger partial charge in [-0.1, -0.05) is 39.0 Å². The molecule has 0 radical (unpaired) electrons. The average Bonchev–Trinajstić information content (AvgIpc) is 2.44. The Morgan fingerprint density at radius 1 is 0.947 bits per heavy atom. The molecular weight excluding hydrogens is 242 g/mol. The molecule has 4 nitrogen and oxygen atoms in total. The molecule has 0 fully saturated rings. The molecule has 0 aliphatic carbocycles. The van der Waals surface area contributed by atoms with E-state index in [1.165, 1.54) is 45.6 Å².